The van der Waals surface area contributed by atoms with Crippen molar-refractivity contribution < 1.29 is 14.0 Å². The molecule has 7 nitrogen and oxygen atoms in total. The molecule has 4 N–H and O–H groups in total. The number of carbonyl (C=O) groups excluding carboxylic acids is 2. The highest BCUT2D eigenvalue weighted by Crippen LogP contribution is 2.25. The zero-order valence-corrected chi connectivity index (χ0v) is 8.03. The van der Waals surface area contributed by atoms with Crippen LogP contribution in [-0.2, 0) is 10.3 Å². The van der Waals surface area contributed by atoms with Crippen molar-refractivity contribution in [2.75, 3.05) is 6.54 Å². The topological polar surface area (TPSA) is 110 Å². The van der Waals surface area contributed by atoms with Gasteiger partial charge in [-0.2, -0.15) is 0 Å². The molecule has 0 saturated carbocycles. The molecule has 7 heteroatoms. The molecular formula is C8H10N4O3. The minimum Gasteiger partial charge on any atom is -0.445 e. The third-order valence-electron chi connectivity index (χ3n) is 2.38. The molecule has 2 heterocycles. The number of hydrogen-bond donors (Lipinski definition) is 3. The molecule has 1 aromatic heterocycles. The molecule has 0 spiro atoms. The first-order chi connectivity index (χ1) is 7.10. The molecule has 2 rings (SSSR count). The van der Waals surface area contributed by atoms with Crippen LogP contribution in [0.2, 0.25) is 0 Å². The highest BCUT2D eigenvalue weighted by Gasteiger charge is 2.50. The van der Waals surface area contributed by atoms with Gasteiger partial charge in [0.15, 0.2) is 17.7 Å². The lowest BCUT2D eigenvalue weighted by atomic mass is 9.95. The standard InChI is InChI=1S/C8H10N4O3/c1-4-5(15-3-10-4)8(2-9)6(13)11-7(14)12-8/h3H,2,9H2,1H3,(H2,11,12,13,14). The molecule has 1 aromatic rings. The van der Waals surface area contributed by atoms with Crippen LogP contribution in [0.4, 0.5) is 4.79 Å². The second-order valence-electron chi connectivity index (χ2n) is 3.28. The Balaban J connectivity index is 2.51. The van der Waals surface area contributed by atoms with Gasteiger partial charge in [-0.25, -0.2) is 9.78 Å². The highest BCUT2D eigenvalue weighted by molar-refractivity contribution is 6.07. The van der Waals surface area contributed by atoms with Crippen LogP contribution in [0, 0.1) is 6.92 Å². The molecule has 80 valence electrons. The Bertz CT molecular complexity index is 427. The average Bonchev–Trinajstić information content (AvgIpc) is 2.71. The van der Waals surface area contributed by atoms with Crippen molar-refractivity contribution in [3.8, 4) is 0 Å². The Morgan fingerprint density at radius 1 is 1.60 bits per heavy atom. The second kappa shape index (κ2) is 3.06. The number of imide groups is 1. The summed E-state index contributed by atoms with van der Waals surface area (Å²) in [6.07, 6.45) is 1.21. The van der Waals surface area contributed by atoms with Gasteiger partial charge in [0.2, 0.25) is 0 Å². The van der Waals surface area contributed by atoms with E-state index >= 15 is 0 Å². The Hall–Kier alpha value is -1.89. The van der Waals surface area contributed by atoms with E-state index in [1.165, 1.54) is 6.39 Å². The summed E-state index contributed by atoms with van der Waals surface area (Å²) in [5.41, 5.74) is 4.72. The van der Waals surface area contributed by atoms with E-state index in [1.54, 1.807) is 6.92 Å². The van der Waals surface area contributed by atoms with E-state index in [-0.39, 0.29) is 12.3 Å². The summed E-state index contributed by atoms with van der Waals surface area (Å²) in [5.74, 6) is -0.247. The normalized spacial score (nSPS) is 25.2. The zero-order chi connectivity index (χ0) is 11.1. The number of carbonyl (C=O) groups is 2. The number of rotatable bonds is 2. The predicted molar refractivity (Wildman–Crippen MR) is 48.6 cm³/mol. The molecule has 0 bridgehead atoms. The zero-order valence-electron chi connectivity index (χ0n) is 8.03. The molecule has 1 saturated heterocycles. The molecule has 1 aliphatic heterocycles. The number of nitrogens with one attached hydrogen (secondary N) is 2. The third kappa shape index (κ3) is 1.20. The summed E-state index contributed by atoms with van der Waals surface area (Å²) in [7, 11) is 0. The second-order valence-corrected chi connectivity index (χ2v) is 3.28. The van der Waals surface area contributed by atoms with E-state index in [1.807, 2.05) is 0 Å². The fourth-order valence-corrected chi connectivity index (χ4v) is 1.60. The monoisotopic (exact) mass is 210 g/mol. The highest BCUT2D eigenvalue weighted by atomic mass is 16.3. The van der Waals surface area contributed by atoms with E-state index in [2.05, 4.69) is 15.6 Å². The lowest BCUT2D eigenvalue weighted by Crippen LogP contribution is -2.50. The Morgan fingerprint density at radius 3 is 2.73 bits per heavy atom. The van der Waals surface area contributed by atoms with Crippen molar-refractivity contribution in [1.82, 2.24) is 15.6 Å². The quantitative estimate of drug-likeness (QED) is 0.541. The van der Waals surface area contributed by atoms with E-state index < -0.39 is 17.5 Å². The van der Waals surface area contributed by atoms with Crippen LogP contribution >= 0.6 is 0 Å². The van der Waals surface area contributed by atoms with Crippen molar-refractivity contribution in [2.24, 2.45) is 5.73 Å². The summed E-state index contributed by atoms with van der Waals surface area (Å²) in [4.78, 5) is 26.6. The minimum atomic E-state index is -1.32. The summed E-state index contributed by atoms with van der Waals surface area (Å²) >= 11 is 0. The molecule has 1 aliphatic rings. The summed E-state index contributed by atoms with van der Waals surface area (Å²) in [6.45, 7) is 1.59. The van der Waals surface area contributed by atoms with E-state index in [0.717, 1.165) is 0 Å². The van der Waals surface area contributed by atoms with Gasteiger partial charge in [0.1, 0.15) is 0 Å². The summed E-state index contributed by atoms with van der Waals surface area (Å²) in [5, 5.41) is 4.57. The van der Waals surface area contributed by atoms with Gasteiger partial charge < -0.3 is 15.5 Å². The molecule has 1 unspecified atom stereocenters. The average molecular weight is 210 g/mol. The van der Waals surface area contributed by atoms with Gasteiger partial charge in [-0.05, 0) is 6.92 Å². The third-order valence-corrected chi connectivity index (χ3v) is 2.38. The van der Waals surface area contributed by atoms with Crippen LogP contribution in [0.15, 0.2) is 10.8 Å². The van der Waals surface area contributed by atoms with Crippen molar-refractivity contribution in [3.63, 3.8) is 0 Å². The minimum absolute atomic E-state index is 0.0827. The molecule has 0 aromatic carbocycles. The van der Waals surface area contributed by atoms with Gasteiger partial charge in [0, 0.05) is 6.54 Å². The lowest BCUT2D eigenvalue weighted by molar-refractivity contribution is -0.124. The molecule has 15 heavy (non-hydrogen) atoms. The SMILES string of the molecule is Cc1ncoc1C1(CN)NC(=O)NC1=O. The molecule has 1 atom stereocenters. The molecular weight excluding hydrogens is 200 g/mol. The number of oxazole rings is 1. The van der Waals surface area contributed by atoms with Gasteiger partial charge in [0.05, 0.1) is 5.69 Å². The Morgan fingerprint density at radius 2 is 2.33 bits per heavy atom. The van der Waals surface area contributed by atoms with Gasteiger partial charge in [-0.1, -0.05) is 0 Å². The number of nitrogens with two attached hydrogens (primary N) is 1. The largest absolute Gasteiger partial charge is 0.445 e. The Kier molecular flexibility index (Phi) is 1.97. The van der Waals surface area contributed by atoms with Crippen LogP contribution in [0.5, 0.6) is 0 Å². The van der Waals surface area contributed by atoms with E-state index in [4.69, 9.17) is 10.2 Å². The smallest absolute Gasteiger partial charge is 0.322 e. The fourth-order valence-electron chi connectivity index (χ4n) is 1.60. The number of aryl methyl sites for hydroxylation is 1. The van der Waals surface area contributed by atoms with Crippen molar-refractivity contribution in [3.05, 3.63) is 17.8 Å². The number of hydrogen-bond acceptors (Lipinski definition) is 5. The van der Waals surface area contributed by atoms with Crippen LogP contribution < -0.4 is 16.4 Å². The van der Waals surface area contributed by atoms with Crippen LogP contribution in [0.1, 0.15) is 11.5 Å². The molecule has 0 aliphatic carbocycles. The van der Waals surface area contributed by atoms with Crippen LogP contribution in [0.3, 0.4) is 0 Å². The number of urea groups is 1. The van der Waals surface area contributed by atoms with Gasteiger partial charge in [-0.15, -0.1) is 0 Å². The predicted octanol–water partition coefficient (Wildman–Crippen LogP) is -1.02. The van der Waals surface area contributed by atoms with Crippen molar-refractivity contribution >= 4 is 11.9 Å². The molecule has 1 fully saturated rings. The van der Waals surface area contributed by atoms with Crippen molar-refractivity contribution in [1.29, 1.82) is 0 Å². The molecule has 3 amide bonds. The van der Waals surface area contributed by atoms with E-state index in [9.17, 15) is 9.59 Å². The maximum atomic E-state index is 11.6. The number of nitrogens with zero attached hydrogens (tertiary/aromatic N) is 1. The van der Waals surface area contributed by atoms with Crippen LogP contribution in [0.25, 0.3) is 0 Å². The Labute approximate surface area is 85.0 Å². The first kappa shape index (κ1) is 9.66. The molecule has 0 radical (unpaired) electrons. The first-order valence-corrected chi connectivity index (χ1v) is 4.34. The lowest BCUT2D eigenvalue weighted by Gasteiger charge is -2.21. The maximum Gasteiger partial charge on any atom is 0.322 e. The van der Waals surface area contributed by atoms with Gasteiger partial charge >= 0.3 is 6.03 Å². The van der Waals surface area contributed by atoms with E-state index in [0.29, 0.717) is 5.69 Å². The van der Waals surface area contributed by atoms with Gasteiger partial charge in [0.25, 0.3) is 5.91 Å². The maximum absolute atomic E-state index is 11.6. The fraction of sp³-hybridized carbons (Fsp3) is 0.375. The van der Waals surface area contributed by atoms with Crippen molar-refractivity contribution in [2.45, 2.75) is 12.5 Å². The number of aromatic nitrogens is 1. The van der Waals surface area contributed by atoms with Crippen LogP contribution in [-0.4, -0.2) is 23.5 Å². The number of amides is 3. The summed E-state index contributed by atoms with van der Waals surface area (Å²) < 4.78 is 5.09. The first-order valence-electron chi connectivity index (χ1n) is 4.34. The summed E-state index contributed by atoms with van der Waals surface area (Å²) in [6, 6.07) is -0.582. The van der Waals surface area contributed by atoms with Gasteiger partial charge in [-0.3, -0.25) is 10.1 Å².